The zero-order valence-corrected chi connectivity index (χ0v) is 34.4. The van der Waals surface area contributed by atoms with Gasteiger partial charge in [-0.25, -0.2) is 0 Å². The first-order chi connectivity index (χ1) is 30.5. The van der Waals surface area contributed by atoms with Gasteiger partial charge in [-0.3, -0.25) is 0 Å². The number of furan rings is 1. The molecule has 3 nitrogen and oxygen atoms in total. The monoisotopic (exact) mass is 792 g/mol. The Morgan fingerprint density at radius 2 is 0.935 bits per heavy atom. The molecular formula is C59H40N2O. The highest BCUT2D eigenvalue weighted by molar-refractivity contribution is 6.30. The molecule has 0 N–H and O–H groups in total. The Morgan fingerprint density at radius 3 is 1.68 bits per heavy atom. The van der Waals surface area contributed by atoms with Gasteiger partial charge in [0.2, 0.25) is 0 Å². The van der Waals surface area contributed by atoms with Crippen molar-refractivity contribution in [1.29, 1.82) is 0 Å². The van der Waals surface area contributed by atoms with Crippen LogP contribution in [0.2, 0.25) is 0 Å². The van der Waals surface area contributed by atoms with Gasteiger partial charge in [0.1, 0.15) is 11.2 Å². The quantitative estimate of drug-likeness (QED) is 0.162. The third kappa shape index (κ3) is 4.94. The minimum atomic E-state index is -0.140. The van der Waals surface area contributed by atoms with Crippen molar-refractivity contribution in [2.24, 2.45) is 0 Å². The lowest BCUT2D eigenvalue weighted by molar-refractivity contribution is 0.660. The molecular weight excluding hydrogens is 753 g/mol. The van der Waals surface area contributed by atoms with Crippen molar-refractivity contribution in [3.8, 4) is 27.9 Å². The Morgan fingerprint density at radius 1 is 0.403 bits per heavy atom. The smallest absolute Gasteiger partial charge is 0.143 e. The average molecular weight is 793 g/mol. The molecule has 0 atom stereocenters. The second-order valence-electron chi connectivity index (χ2n) is 17.2. The van der Waals surface area contributed by atoms with E-state index in [2.05, 4.69) is 230 Å². The lowest BCUT2D eigenvalue weighted by Crippen LogP contribution is -2.16. The lowest BCUT2D eigenvalue weighted by atomic mass is 9.82. The molecule has 0 spiro atoms. The van der Waals surface area contributed by atoms with Crippen LogP contribution in [0.3, 0.4) is 0 Å². The maximum atomic E-state index is 6.94. The van der Waals surface area contributed by atoms with Crippen molar-refractivity contribution in [3.05, 3.63) is 217 Å². The van der Waals surface area contributed by atoms with Crippen molar-refractivity contribution in [2.45, 2.75) is 19.3 Å². The van der Waals surface area contributed by atoms with Crippen LogP contribution in [0.15, 0.2) is 211 Å². The van der Waals surface area contributed by atoms with E-state index in [1.165, 1.54) is 65.8 Å². The molecule has 0 amide bonds. The Bertz CT molecular complexity index is 3740. The van der Waals surface area contributed by atoms with Crippen molar-refractivity contribution >= 4 is 82.4 Å². The second kappa shape index (κ2) is 13.1. The van der Waals surface area contributed by atoms with E-state index >= 15 is 0 Å². The normalized spacial score (nSPS) is 13.1. The van der Waals surface area contributed by atoms with Crippen LogP contribution >= 0.6 is 0 Å². The van der Waals surface area contributed by atoms with Gasteiger partial charge < -0.3 is 13.9 Å². The van der Waals surface area contributed by atoms with Gasteiger partial charge in [0, 0.05) is 61.0 Å². The third-order valence-electron chi connectivity index (χ3n) is 13.6. The maximum Gasteiger partial charge on any atom is 0.143 e. The van der Waals surface area contributed by atoms with Crippen LogP contribution in [0, 0.1) is 0 Å². The summed E-state index contributed by atoms with van der Waals surface area (Å²) >= 11 is 0. The Labute approximate surface area is 359 Å². The van der Waals surface area contributed by atoms with Gasteiger partial charge in [0.05, 0.1) is 16.7 Å². The highest BCUT2D eigenvalue weighted by Gasteiger charge is 2.36. The van der Waals surface area contributed by atoms with Gasteiger partial charge >= 0.3 is 0 Å². The number of benzene rings is 10. The molecule has 62 heavy (non-hydrogen) atoms. The highest BCUT2D eigenvalue weighted by Crippen LogP contribution is 2.51. The number of para-hydroxylation sites is 3. The van der Waals surface area contributed by atoms with Crippen molar-refractivity contribution in [2.75, 3.05) is 4.90 Å². The number of rotatable bonds is 5. The Balaban J connectivity index is 0.994. The molecule has 2 aromatic heterocycles. The van der Waals surface area contributed by atoms with Gasteiger partial charge in [-0.05, 0) is 98.6 Å². The number of hydrogen-bond acceptors (Lipinski definition) is 2. The topological polar surface area (TPSA) is 21.3 Å². The minimum Gasteiger partial charge on any atom is -0.455 e. The maximum absolute atomic E-state index is 6.94. The van der Waals surface area contributed by atoms with Crippen LogP contribution in [0.5, 0.6) is 0 Å². The third-order valence-corrected chi connectivity index (χ3v) is 13.6. The van der Waals surface area contributed by atoms with E-state index in [-0.39, 0.29) is 5.41 Å². The largest absolute Gasteiger partial charge is 0.455 e. The van der Waals surface area contributed by atoms with Crippen LogP contribution in [0.1, 0.15) is 25.0 Å². The van der Waals surface area contributed by atoms with Crippen molar-refractivity contribution in [1.82, 2.24) is 4.57 Å². The van der Waals surface area contributed by atoms with Crippen LogP contribution in [0.4, 0.5) is 17.1 Å². The van der Waals surface area contributed by atoms with Crippen molar-refractivity contribution in [3.63, 3.8) is 0 Å². The number of fused-ring (bicyclic) bond motifs is 14. The van der Waals surface area contributed by atoms with Gasteiger partial charge in [0.25, 0.3) is 0 Å². The molecule has 13 rings (SSSR count). The van der Waals surface area contributed by atoms with E-state index in [0.29, 0.717) is 0 Å². The van der Waals surface area contributed by atoms with E-state index in [9.17, 15) is 0 Å². The van der Waals surface area contributed by atoms with E-state index in [0.717, 1.165) is 55.6 Å². The molecule has 0 bridgehead atoms. The van der Waals surface area contributed by atoms with E-state index in [1.54, 1.807) is 0 Å². The summed E-state index contributed by atoms with van der Waals surface area (Å²) < 4.78 is 9.36. The van der Waals surface area contributed by atoms with Crippen molar-refractivity contribution < 1.29 is 4.42 Å². The first kappa shape index (κ1) is 34.9. The zero-order chi connectivity index (χ0) is 41.1. The number of anilines is 3. The molecule has 3 heteroatoms. The predicted molar refractivity (Wildman–Crippen MR) is 261 cm³/mol. The van der Waals surface area contributed by atoms with E-state index < -0.39 is 0 Å². The van der Waals surface area contributed by atoms with E-state index in [4.69, 9.17) is 4.42 Å². The number of aromatic nitrogens is 1. The second-order valence-corrected chi connectivity index (χ2v) is 17.2. The summed E-state index contributed by atoms with van der Waals surface area (Å²) in [6.45, 7) is 4.70. The molecule has 0 unspecified atom stereocenters. The highest BCUT2D eigenvalue weighted by atomic mass is 16.3. The fourth-order valence-electron chi connectivity index (χ4n) is 10.7. The van der Waals surface area contributed by atoms with Gasteiger partial charge in [-0.1, -0.05) is 159 Å². The Hall–Kier alpha value is -7.88. The summed E-state index contributed by atoms with van der Waals surface area (Å²) in [4.78, 5) is 2.39. The standard InChI is InChI=1S/C59H40N2O/c1-59(2)51-23-11-7-18-44(51)45-33-31-39(35-52(45)59)60(40-32-34-50-56(36-40)62-58-49-22-6-4-17-43(49)42-16-3-5-21-48(42)57(50)58)38-29-27-37(28-30-38)41-15-8-12-24-53(41)61-54-25-13-9-19-46(54)47-20-10-14-26-55(47)61/h3-36H,1-2H3. The zero-order valence-electron chi connectivity index (χ0n) is 34.4. The molecule has 2 heterocycles. The summed E-state index contributed by atoms with van der Waals surface area (Å²) in [6.07, 6.45) is 0. The average Bonchev–Trinajstić information content (AvgIpc) is 3.95. The molecule has 0 fully saturated rings. The molecule has 1 aliphatic rings. The first-order valence-corrected chi connectivity index (χ1v) is 21.5. The molecule has 10 aromatic carbocycles. The van der Waals surface area contributed by atoms with Crippen LogP contribution < -0.4 is 4.90 Å². The molecule has 0 saturated heterocycles. The summed E-state index contributed by atoms with van der Waals surface area (Å²) in [7, 11) is 0. The van der Waals surface area contributed by atoms with Crippen LogP contribution in [-0.4, -0.2) is 4.57 Å². The van der Waals surface area contributed by atoms with Gasteiger partial charge in [-0.15, -0.1) is 0 Å². The lowest BCUT2D eigenvalue weighted by Gasteiger charge is -2.28. The minimum absolute atomic E-state index is 0.140. The van der Waals surface area contributed by atoms with Crippen LogP contribution in [-0.2, 0) is 5.41 Å². The van der Waals surface area contributed by atoms with Crippen LogP contribution in [0.25, 0.3) is 93.2 Å². The molecule has 0 radical (unpaired) electrons. The summed E-state index contributed by atoms with van der Waals surface area (Å²) in [5.41, 5.74) is 16.1. The van der Waals surface area contributed by atoms with Gasteiger partial charge in [0.15, 0.2) is 0 Å². The van der Waals surface area contributed by atoms with Gasteiger partial charge in [-0.2, -0.15) is 0 Å². The molecule has 292 valence electrons. The SMILES string of the molecule is CC1(C)c2ccccc2-c2ccc(N(c3ccc(-c4ccccc4-n4c5ccccc5c5ccccc54)cc3)c3ccc4c(c3)oc3c5ccccc5c5ccccc5c43)cc21. The van der Waals surface area contributed by atoms with E-state index in [1.807, 2.05) is 0 Å². The predicted octanol–water partition coefficient (Wildman–Crippen LogP) is 16.4. The molecule has 12 aromatic rings. The fourth-order valence-corrected chi connectivity index (χ4v) is 10.7. The summed E-state index contributed by atoms with van der Waals surface area (Å²) in [5.74, 6) is 0. The molecule has 1 aliphatic carbocycles. The summed E-state index contributed by atoms with van der Waals surface area (Å²) in [6, 6.07) is 75.3. The molecule has 0 aliphatic heterocycles. The number of hydrogen-bond donors (Lipinski definition) is 0. The molecule has 0 saturated carbocycles. The Kier molecular flexibility index (Phi) is 7.36. The fraction of sp³-hybridized carbons (Fsp3) is 0.0508. The number of nitrogens with zero attached hydrogens (tertiary/aromatic N) is 2. The first-order valence-electron chi connectivity index (χ1n) is 21.5. The summed E-state index contributed by atoms with van der Waals surface area (Å²) in [5, 5.41) is 9.59.